The molecule has 1 aliphatic rings. The summed E-state index contributed by atoms with van der Waals surface area (Å²) in [5.41, 5.74) is 0.935. The molecule has 2 aromatic rings. The standard InChI is InChI=1S/C22H23NO4S/c1-17(28(26,27)18-12-6-4-7-13-18)11-5-2-3-10-16-23-21(24)19-14-8-9-15-20(19)22(23)25/h4,6-9,12-15H,1-3,5,10-11,16H2. The lowest BCUT2D eigenvalue weighted by Gasteiger charge is -2.13. The van der Waals surface area contributed by atoms with Crippen molar-refractivity contribution < 1.29 is 18.0 Å². The van der Waals surface area contributed by atoms with Crippen LogP contribution in [0.5, 0.6) is 0 Å². The molecular formula is C22H23NO4S. The minimum atomic E-state index is -3.48. The third kappa shape index (κ3) is 4.07. The van der Waals surface area contributed by atoms with E-state index in [2.05, 4.69) is 6.58 Å². The number of sulfone groups is 1. The molecule has 2 aromatic carbocycles. The Morgan fingerprint density at radius 3 is 1.93 bits per heavy atom. The van der Waals surface area contributed by atoms with Gasteiger partial charge in [0.15, 0.2) is 0 Å². The van der Waals surface area contributed by atoms with Gasteiger partial charge in [-0.15, -0.1) is 0 Å². The summed E-state index contributed by atoms with van der Waals surface area (Å²) in [7, 11) is -3.48. The topological polar surface area (TPSA) is 71.5 Å². The van der Waals surface area contributed by atoms with Gasteiger partial charge in [-0.1, -0.05) is 49.8 Å². The lowest BCUT2D eigenvalue weighted by molar-refractivity contribution is 0.0651. The number of nitrogens with zero attached hydrogens (tertiary/aromatic N) is 1. The quantitative estimate of drug-likeness (QED) is 0.469. The summed E-state index contributed by atoms with van der Waals surface area (Å²) in [4.78, 5) is 26.4. The average molecular weight is 397 g/mol. The fraction of sp³-hybridized carbons (Fsp3) is 0.273. The molecule has 0 fully saturated rings. The van der Waals surface area contributed by atoms with Crippen LogP contribution in [0.1, 0.15) is 52.8 Å². The van der Waals surface area contributed by atoms with Crippen molar-refractivity contribution in [2.24, 2.45) is 0 Å². The first kappa shape index (κ1) is 20.0. The largest absolute Gasteiger partial charge is 0.274 e. The van der Waals surface area contributed by atoms with Crippen LogP contribution in [0, 0.1) is 0 Å². The smallest absolute Gasteiger partial charge is 0.261 e. The Morgan fingerprint density at radius 1 is 0.786 bits per heavy atom. The SMILES string of the molecule is C=C(CCCCCCN1C(=O)c2ccccc2C1=O)S(=O)(=O)c1ccccc1. The van der Waals surface area contributed by atoms with E-state index in [1.54, 1.807) is 54.6 Å². The Labute approximate surface area is 165 Å². The predicted octanol–water partition coefficient (Wildman–Crippen LogP) is 4.22. The number of benzene rings is 2. The van der Waals surface area contributed by atoms with Gasteiger partial charge < -0.3 is 0 Å². The third-order valence-electron chi connectivity index (χ3n) is 4.90. The summed E-state index contributed by atoms with van der Waals surface area (Å²) in [6, 6.07) is 15.2. The van der Waals surface area contributed by atoms with Crippen LogP contribution in [0.3, 0.4) is 0 Å². The summed E-state index contributed by atoms with van der Waals surface area (Å²) >= 11 is 0. The summed E-state index contributed by atoms with van der Waals surface area (Å²) < 4.78 is 24.8. The van der Waals surface area contributed by atoms with E-state index in [9.17, 15) is 18.0 Å². The first-order valence-electron chi connectivity index (χ1n) is 9.36. The monoisotopic (exact) mass is 397 g/mol. The second-order valence-electron chi connectivity index (χ2n) is 6.83. The molecule has 0 N–H and O–H groups in total. The van der Waals surface area contributed by atoms with Gasteiger partial charge in [0.25, 0.3) is 11.8 Å². The van der Waals surface area contributed by atoms with Gasteiger partial charge in [-0.3, -0.25) is 14.5 Å². The van der Waals surface area contributed by atoms with E-state index >= 15 is 0 Å². The van der Waals surface area contributed by atoms with Crippen molar-refractivity contribution >= 4 is 21.7 Å². The molecule has 1 heterocycles. The maximum absolute atomic E-state index is 12.4. The fourth-order valence-electron chi connectivity index (χ4n) is 3.29. The Bertz CT molecular complexity index is 961. The number of imide groups is 1. The average Bonchev–Trinajstić information content (AvgIpc) is 2.96. The highest BCUT2D eigenvalue weighted by Crippen LogP contribution is 2.24. The molecule has 28 heavy (non-hydrogen) atoms. The Morgan fingerprint density at radius 2 is 1.32 bits per heavy atom. The molecule has 0 spiro atoms. The van der Waals surface area contributed by atoms with Crippen molar-refractivity contribution in [2.75, 3.05) is 6.54 Å². The number of rotatable bonds is 9. The molecule has 0 aromatic heterocycles. The van der Waals surface area contributed by atoms with Crippen molar-refractivity contribution in [3.8, 4) is 0 Å². The Kier molecular flexibility index (Phi) is 6.09. The third-order valence-corrected chi connectivity index (χ3v) is 6.76. The van der Waals surface area contributed by atoms with Crippen LogP contribution >= 0.6 is 0 Å². The Hall–Kier alpha value is -2.73. The normalized spacial score (nSPS) is 13.6. The second kappa shape index (κ2) is 8.52. The minimum absolute atomic E-state index is 0.221. The van der Waals surface area contributed by atoms with Crippen LogP contribution in [-0.2, 0) is 9.84 Å². The molecule has 5 nitrogen and oxygen atoms in total. The molecule has 0 aliphatic carbocycles. The molecule has 0 unspecified atom stereocenters. The number of carbonyl (C=O) groups is 2. The van der Waals surface area contributed by atoms with Crippen LogP contribution in [-0.4, -0.2) is 31.7 Å². The number of allylic oxidation sites excluding steroid dienone is 1. The van der Waals surface area contributed by atoms with Crippen LogP contribution in [0.2, 0.25) is 0 Å². The molecule has 0 atom stereocenters. The van der Waals surface area contributed by atoms with E-state index in [0.717, 1.165) is 12.8 Å². The zero-order valence-electron chi connectivity index (χ0n) is 15.6. The van der Waals surface area contributed by atoms with E-state index in [1.807, 2.05) is 0 Å². The Balaban J connectivity index is 1.41. The summed E-state index contributed by atoms with van der Waals surface area (Å²) in [5, 5.41) is 0. The summed E-state index contributed by atoms with van der Waals surface area (Å²) in [6.45, 7) is 4.13. The lowest BCUT2D eigenvalue weighted by Crippen LogP contribution is -2.30. The van der Waals surface area contributed by atoms with Crippen LogP contribution in [0.15, 0.2) is 71.0 Å². The van der Waals surface area contributed by atoms with E-state index in [0.29, 0.717) is 36.9 Å². The highest BCUT2D eigenvalue weighted by Gasteiger charge is 2.34. The van der Waals surface area contributed by atoms with E-state index in [-0.39, 0.29) is 21.6 Å². The number of hydrogen-bond acceptors (Lipinski definition) is 4. The molecule has 6 heteroatoms. The minimum Gasteiger partial charge on any atom is -0.274 e. The van der Waals surface area contributed by atoms with E-state index < -0.39 is 9.84 Å². The predicted molar refractivity (Wildman–Crippen MR) is 108 cm³/mol. The maximum Gasteiger partial charge on any atom is 0.261 e. The highest BCUT2D eigenvalue weighted by atomic mass is 32.2. The van der Waals surface area contributed by atoms with Gasteiger partial charge in [-0.25, -0.2) is 8.42 Å². The fourth-order valence-corrected chi connectivity index (χ4v) is 4.55. The molecule has 2 amide bonds. The van der Waals surface area contributed by atoms with Gasteiger partial charge in [-0.05, 0) is 43.5 Å². The van der Waals surface area contributed by atoms with Gasteiger partial charge >= 0.3 is 0 Å². The van der Waals surface area contributed by atoms with Crippen molar-refractivity contribution in [3.63, 3.8) is 0 Å². The van der Waals surface area contributed by atoms with Crippen LogP contribution < -0.4 is 0 Å². The second-order valence-corrected chi connectivity index (χ2v) is 8.88. The molecule has 0 radical (unpaired) electrons. The van der Waals surface area contributed by atoms with E-state index in [4.69, 9.17) is 0 Å². The number of fused-ring (bicyclic) bond motifs is 1. The zero-order chi connectivity index (χ0) is 20.1. The van der Waals surface area contributed by atoms with Crippen LogP contribution in [0.4, 0.5) is 0 Å². The van der Waals surface area contributed by atoms with Gasteiger partial charge in [0.05, 0.1) is 16.0 Å². The molecule has 1 aliphatic heterocycles. The molecule has 0 bridgehead atoms. The number of unbranched alkanes of at least 4 members (excludes halogenated alkanes) is 3. The van der Waals surface area contributed by atoms with Crippen molar-refractivity contribution in [3.05, 3.63) is 77.2 Å². The van der Waals surface area contributed by atoms with Crippen molar-refractivity contribution in [2.45, 2.75) is 37.0 Å². The maximum atomic E-state index is 12.4. The highest BCUT2D eigenvalue weighted by molar-refractivity contribution is 7.95. The first-order valence-corrected chi connectivity index (χ1v) is 10.8. The molecule has 146 valence electrons. The lowest BCUT2D eigenvalue weighted by atomic mass is 10.1. The number of amides is 2. The molecular weight excluding hydrogens is 374 g/mol. The summed E-state index contributed by atoms with van der Waals surface area (Å²) in [6.07, 6.45) is 3.43. The van der Waals surface area contributed by atoms with Crippen molar-refractivity contribution in [1.29, 1.82) is 0 Å². The van der Waals surface area contributed by atoms with Crippen molar-refractivity contribution in [1.82, 2.24) is 4.90 Å². The van der Waals surface area contributed by atoms with Gasteiger partial charge in [0.1, 0.15) is 0 Å². The molecule has 3 rings (SSSR count). The first-order chi connectivity index (χ1) is 13.4. The molecule has 0 saturated carbocycles. The van der Waals surface area contributed by atoms with Gasteiger partial charge in [0, 0.05) is 11.4 Å². The van der Waals surface area contributed by atoms with E-state index in [1.165, 1.54) is 4.90 Å². The summed E-state index contributed by atoms with van der Waals surface area (Å²) in [5.74, 6) is -0.467. The van der Waals surface area contributed by atoms with Crippen LogP contribution in [0.25, 0.3) is 0 Å². The molecule has 0 saturated heterocycles. The number of hydrogen-bond donors (Lipinski definition) is 0. The van der Waals surface area contributed by atoms with Gasteiger partial charge in [-0.2, -0.15) is 0 Å². The zero-order valence-corrected chi connectivity index (χ0v) is 16.5. The number of carbonyl (C=O) groups excluding carboxylic acids is 2. The van der Waals surface area contributed by atoms with Gasteiger partial charge in [0.2, 0.25) is 9.84 Å².